The van der Waals surface area contributed by atoms with Gasteiger partial charge >= 0.3 is 0 Å². The molecule has 4 nitrogen and oxygen atoms in total. The van der Waals surface area contributed by atoms with Gasteiger partial charge in [-0.2, -0.15) is 0 Å². The standard InChI is InChI=1S/C10H18N3O.BrH.ClH/c1-3-14-10(11)5-4-6-13-8-7-12(2)9-13;;/h7-9,11H,3-6H2,1-2H3;2*1H/q+1;;/p-1. The minimum absolute atomic E-state index is 0. The largest absolute Gasteiger partial charge is 1.00 e. The second kappa shape index (κ2) is 9.66. The molecule has 1 heterocycles. The first-order chi connectivity index (χ1) is 6.72. The summed E-state index contributed by atoms with van der Waals surface area (Å²) in [6, 6.07) is 0. The number of nitrogens with zero attached hydrogens (tertiary/aromatic N) is 2. The molecule has 0 unspecified atom stereocenters. The Balaban J connectivity index is 0. The number of imidazole rings is 1. The Kier molecular flexibility index (Phi) is 10.8. The van der Waals surface area contributed by atoms with Gasteiger partial charge in [-0.15, -0.1) is 12.4 Å². The summed E-state index contributed by atoms with van der Waals surface area (Å²) in [5.74, 6) is 0.393. The summed E-state index contributed by atoms with van der Waals surface area (Å²) in [5.41, 5.74) is 0. The Morgan fingerprint density at radius 1 is 1.50 bits per heavy atom. The van der Waals surface area contributed by atoms with Crippen LogP contribution in [0.1, 0.15) is 19.8 Å². The predicted octanol–water partition coefficient (Wildman–Crippen LogP) is -1.47. The number of aryl methyl sites for hydroxylation is 2. The lowest BCUT2D eigenvalue weighted by Gasteiger charge is -2.02. The zero-order valence-electron chi connectivity index (χ0n) is 9.65. The van der Waals surface area contributed by atoms with Crippen molar-refractivity contribution in [3.8, 4) is 0 Å². The van der Waals surface area contributed by atoms with E-state index in [0.717, 1.165) is 19.4 Å². The molecule has 6 heteroatoms. The Labute approximate surface area is 113 Å². The maximum atomic E-state index is 7.42. The molecule has 1 aromatic rings. The fourth-order valence-corrected chi connectivity index (χ4v) is 1.30. The Bertz CT molecular complexity index is 304. The van der Waals surface area contributed by atoms with Crippen molar-refractivity contribution in [3.63, 3.8) is 0 Å². The van der Waals surface area contributed by atoms with E-state index in [1.807, 2.05) is 37.3 Å². The third kappa shape index (κ3) is 6.85. The minimum Gasteiger partial charge on any atom is -1.00 e. The highest BCUT2D eigenvalue weighted by Crippen LogP contribution is 1.96. The Morgan fingerprint density at radius 3 is 2.69 bits per heavy atom. The van der Waals surface area contributed by atoms with Crippen molar-refractivity contribution in [2.24, 2.45) is 7.05 Å². The summed E-state index contributed by atoms with van der Waals surface area (Å²) in [4.78, 5) is 0. The summed E-state index contributed by atoms with van der Waals surface area (Å²) in [6.07, 6.45) is 7.74. The number of halogens is 2. The van der Waals surface area contributed by atoms with E-state index in [-0.39, 0.29) is 29.4 Å². The first-order valence-corrected chi connectivity index (χ1v) is 4.93. The number of ether oxygens (including phenoxy) is 1. The van der Waals surface area contributed by atoms with E-state index in [1.165, 1.54) is 0 Å². The molecule has 0 amide bonds. The molecule has 94 valence electrons. The highest BCUT2D eigenvalue weighted by Gasteiger charge is 2.01. The minimum atomic E-state index is 0. The van der Waals surface area contributed by atoms with Crippen LogP contribution < -0.4 is 21.5 Å². The number of hydrogen-bond acceptors (Lipinski definition) is 2. The number of aromatic nitrogens is 2. The van der Waals surface area contributed by atoms with Crippen LogP contribution in [0.5, 0.6) is 0 Å². The molecule has 0 fully saturated rings. The zero-order valence-corrected chi connectivity index (χ0v) is 12.1. The van der Waals surface area contributed by atoms with E-state index >= 15 is 0 Å². The van der Waals surface area contributed by atoms with Gasteiger partial charge in [-0.05, 0) is 13.3 Å². The topological polar surface area (TPSA) is 41.9 Å². The molecule has 0 saturated carbocycles. The van der Waals surface area contributed by atoms with Crippen molar-refractivity contribution in [2.75, 3.05) is 6.61 Å². The fourth-order valence-electron chi connectivity index (χ4n) is 1.30. The van der Waals surface area contributed by atoms with Crippen molar-refractivity contribution < 1.29 is 26.3 Å². The molecular formula is C10H19BrClN3O. The van der Waals surface area contributed by atoms with Crippen molar-refractivity contribution in [2.45, 2.75) is 26.3 Å². The molecule has 0 atom stereocenters. The van der Waals surface area contributed by atoms with Crippen LogP contribution in [-0.2, 0) is 18.3 Å². The van der Waals surface area contributed by atoms with Crippen LogP contribution in [0.4, 0.5) is 0 Å². The monoisotopic (exact) mass is 311 g/mol. The molecule has 1 N–H and O–H groups in total. The molecule has 0 saturated heterocycles. The Hall–Kier alpha value is -0.550. The van der Waals surface area contributed by atoms with Crippen LogP contribution in [0.2, 0.25) is 0 Å². The van der Waals surface area contributed by atoms with Gasteiger partial charge in [0.1, 0.15) is 12.4 Å². The van der Waals surface area contributed by atoms with Gasteiger partial charge in [-0.25, -0.2) is 9.13 Å². The van der Waals surface area contributed by atoms with Crippen LogP contribution in [0, 0.1) is 5.41 Å². The summed E-state index contributed by atoms with van der Waals surface area (Å²) in [7, 11) is 2.00. The summed E-state index contributed by atoms with van der Waals surface area (Å²) < 4.78 is 9.17. The van der Waals surface area contributed by atoms with Gasteiger partial charge in [0.25, 0.3) is 0 Å². The predicted molar refractivity (Wildman–Crippen MR) is 61.4 cm³/mol. The lowest BCUT2D eigenvalue weighted by atomic mass is 10.3. The number of nitrogens with one attached hydrogen (secondary N) is 1. The highest BCUT2D eigenvalue weighted by molar-refractivity contribution is 5.85. The van der Waals surface area contributed by atoms with E-state index in [0.29, 0.717) is 12.5 Å². The summed E-state index contributed by atoms with van der Waals surface area (Å²) in [6.45, 7) is 3.44. The van der Waals surface area contributed by atoms with Gasteiger partial charge in [0, 0.05) is 6.42 Å². The molecule has 0 bridgehead atoms. The molecule has 0 aliphatic rings. The molecule has 1 aromatic heterocycles. The van der Waals surface area contributed by atoms with Gasteiger partial charge in [0.2, 0.25) is 6.33 Å². The van der Waals surface area contributed by atoms with Gasteiger partial charge in [-0.1, -0.05) is 0 Å². The van der Waals surface area contributed by atoms with Crippen LogP contribution >= 0.6 is 12.4 Å². The average molecular weight is 313 g/mol. The molecule has 0 aromatic carbocycles. The van der Waals surface area contributed by atoms with Gasteiger partial charge < -0.3 is 21.7 Å². The first-order valence-electron chi connectivity index (χ1n) is 4.93. The zero-order chi connectivity index (χ0) is 10.4. The molecular weight excluding hydrogens is 293 g/mol. The van der Waals surface area contributed by atoms with Crippen molar-refractivity contribution in [3.05, 3.63) is 18.7 Å². The molecule has 0 aliphatic carbocycles. The molecule has 1 rings (SSSR count). The molecule has 0 radical (unpaired) electrons. The number of rotatable bonds is 5. The summed E-state index contributed by atoms with van der Waals surface area (Å²) >= 11 is 0. The molecule has 0 spiro atoms. The van der Waals surface area contributed by atoms with E-state index in [9.17, 15) is 0 Å². The van der Waals surface area contributed by atoms with Crippen molar-refractivity contribution in [1.82, 2.24) is 4.57 Å². The maximum Gasteiger partial charge on any atom is 0.243 e. The SMILES string of the molecule is CCOC(=N)CCCn1cc[n+](C)c1.Cl.[Br-]. The van der Waals surface area contributed by atoms with E-state index < -0.39 is 0 Å². The van der Waals surface area contributed by atoms with Gasteiger partial charge in [-0.3, -0.25) is 5.41 Å². The van der Waals surface area contributed by atoms with E-state index in [4.69, 9.17) is 10.1 Å². The lowest BCUT2D eigenvalue weighted by Crippen LogP contribution is -3.00. The molecule has 0 aliphatic heterocycles. The van der Waals surface area contributed by atoms with Crippen LogP contribution in [0.25, 0.3) is 0 Å². The molecule has 16 heavy (non-hydrogen) atoms. The smallest absolute Gasteiger partial charge is 0.243 e. The van der Waals surface area contributed by atoms with Gasteiger partial charge in [0.15, 0.2) is 5.90 Å². The highest BCUT2D eigenvalue weighted by atomic mass is 79.9. The van der Waals surface area contributed by atoms with Crippen molar-refractivity contribution in [1.29, 1.82) is 5.41 Å². The third-order valence-corrected chi connectivity index (χ3v) is 1.96. The van der Waals surface area contributed by atoms with Crippen LogP contribution in [0.3, 0.4) is 0 Å². The third-order valence-electron chi connectivity index (χ3n) is 1.96. The average Bonchev–Trinajstić information content (AvgIpc) is 2.52. The Morgan fingerprint density at radius 2 is 2.19 bits per heavy atom. The normalized spacial score (nSPS) is 8.88. The van der Waals surface area contributed by atoms with Crippen LogP contribution in [0.15, 0.2) is 18.7 Å². The van der Waals surface area contributed by atoms with Crippen LogP contribution in [-0.4, -0.2) is 17.1 Å². The summed E-state index contributed by atoms with van der Waals surface area (Å²) in [5, 5.41) is 7.42. The first kappa shape index (κ1) is 17.8. The fraction of sp³-hybridized carbons (Fsp3) is 0.600. The number of hydrogen-bond donors (Lipinski definition) is 1. The van der Waals surface area contributed by atoms with Crippen molar-refractivity contribution >= 4 is 18.3 Å². The van der Waals surface area contributed by atoms with Gasteiger partial charge in [0.05, 0.1) is 20.2 Å². The second-order valence-corrected chi connectivity index (χ2v) is 3.28. The quantitative estimate of drug-likeness (QED) is 0.403. The lowest BCUT2D eigenvalue weighted by molar-refractivity contribution is -0.671. The maximum absolute atomic E-state index is 7.42. The van der Waals surface area contributed by atoms with E-state index in [2.05, 4.69) is 4.57 Å². The van der Waals surface area contributed by atoms with E-state index in [1.54, 1.807) is 0 Å². The second-order valence-electron chi connectivity index (χ2n) is 3.28.